The number of likely N-dealkylation sites (tertiary alicyclic amines) is 1. The fourth-order valence-electron chi connectivity index (χ4n) is 2.99. The van der Waals surface area contributed by atoms with Crippen molar-refractivity contribution in [3.63, 3.8) is 0 Å². The predicted molar refractivity (Wildman–Crippen MR) is 116 cm³/mol. The molecule has 1 aromatic rings. The zero-order chi connectivity index (χ0) is 17.9. The Balaban J connectivity index is 0.00000338. The molecule has 0 spiro atoms. The third-order valence-electron chi connectivity index (χ3n) is 4.45. The first-order chi connectivity index (χ1) is 12.2. The highest BCUT2D eigenvalue weighted by atomic mass is 127. The summed E-state index contributed by atoms with van der Waals surface area (Å²) in [7, 11) is 0. The van der Waals surface area contributed by atoms with Gasteiger partial charge in [-0.15, -0.1) is 24.0 Å². The summed E-state index contributed by atoms with van der Waals surface area (Å²) in [4.78, 5) is 6.98. The molecule has 0 bridgehead atoms. The van der Waals surface area contributed by atoms with Gasteiger partial charge in [0.2, 0.25) is 0 Å². The summed E-state index contributed by atoms with van der Waals surface area (Å²) in [6.07, 6.45) is 3.27. The Morgan fingerprint density at radius 3 is 2.69 bits per heavy atom. The van der Waals surface area contributed by atoms with Crippen LogP contribution >= 0.6 is 24.0 Å². The first-order valence-electron chi connectivity index (χ1n) is 9.35. The summed E-state index contributed by atoms with van der Waals surface area (Å²) in [6, 6.07) is 6.88. The molecule has 1 heterocycles. The van der Waals surface area contributed by atoms with Gasteiger partial charge >= 0.3 is 0 Å². The van der Waals surface area contributed by atoms with Crippen LogP contribution in [0.15, 0.2) is 29.3 Å². The van der Waals surface area contributed by atoms with Crippen LogP contribution in [0.1, 0.15) is 31.7 Å². The van der Waals surface area contributed by atoms with Crippen molar-refractivity contribution in [3.05, 3.63) is 35.6 Å². The topological polar surface area (TPSA) is 59.9 Å². The SMILES string of the molecule is CCNC(=NCCCN1CCC(O)CC1)NCCc1ccccc1F.I. The number of halogens is 2. The van der Waals surface area contributed by atoms with E-state index in [-0.39, 0.29) is 35.9 Å². The van der Waals surface area contributed by atoms with Gasteiger partial charge in [0.25, 0.3) is 0 Å². The van der Waals surface area contributed by atoms with E-state index in [2.05, 4.69) is 20.5 Å². The van der Waals surface area contributed by atoms with Crippen molar-refractivity contribution in [1.82, 2.24) is 15.5 Å². The first-order valence-corrected chi connectivity index (χ1v) is 9.35. The molecule has 1 fully saturated rings. The highest BCUT2D eigenvalue weighted by Crippen LogP contribution is 2.10. The second kappa shape index (κ2) is 13.3. The number of nitrogens with zero attached hydrogens (tertiary/aromatic N) is 2. The molecule has 1 aliphatic heterocycles. The number of piperidine rings is 1. The van der Waals surface area contributed by atoms with Crippen LogP contribution in [0.3, 0.4) is 0 Å². The summed E-state index contributed by atoms with van der Waals surface area (Å²) in [5, 5.41) is 16.0. The van der Waals surface area contributed by atoms with Crippen molar-refractivity contribution in [3.8, 4) is 0 Å². The first kappa shape index (κ1) is 23.1. The van der Waals surface area contributed by atoms with Gasteiger partial charge in [-0.25, -0.2) is 4.39 Å². The summed E-state index contributed by atoms with van der Waals surface area (Å²) in [6.45, 7) is 7.22. The summed E-state index contributed by atoms with van der Waals surface area (Å²) in [5.74, 6) is 0.630. The molecule has 0 unspecified atom stereocenters. The fourth-order valence-corrected chi connectivity index (χ4v) is 2.99. The summed E-state index contributed by atoms with van der Waals surface area (Å²) < 4.78 is 13.6. The van der Waals surface area contributed by atoms with Gasteiger partial charge in [0, 0.05) is 32.7 Å². The van der Waals surface area contributed by atoms with Gasteiger partial charge in [0.1, 0.15) is 5.82 Å². The normalized spacial score (nSPS) is 16.2. The minimum absolute atomic E-state index is 0. The number of benzene rings is 1. The van der Waals surface area contributed by atoms with E-state index in [1.54, 1.807) is 6.07 Å². The lowest BCUT2D eigenvalue weighted by atomic mass is 10.1. The van der Waals surface area contributed by atoms with Gasteiger partial charge in [0.05, 0.1) is 6.10 Å². The van der Waals surface area contributed by atoms with Crippen LogP contribution in [0.25, 0.3) is 0 Å². The fraction of sp³-hybridized carbons (Fsp3) is 0.632. The summed E-state index contributed by atoms with van der Waals surface area (Å²) >= 11 is 0. The zero-order valence-corrected chi connectivity index (χ0v) is 17.9. The van der Waals surface area contributed by atoms with Gasteiger partial charge in [-0.3, -0.25) is 4.99 Å². The van der Waals surface area contributed by atoms with Crippen LogP contribution in [0.4, 0.5) is 4.39 Å². The summed E-state index contributed by atoms with van der Waals surface area (Å²) in [5.41, 5.74) is 0.720. The number of nitrogens with one attached hydrogen (secondary N) is 2. The Kier molecular flexibility index (Phi) is 11.8. The minimum atomic E-state index is -0.155. The van der Waals surface area contributed by atoms with E-state index in [1.165, 1.54) is 6.07 Å². The van der Waals surface area contributed by atoms with Crippen molar-refractivity contribution < 1.29 is 9.50 Å². The van der Waals surface area contributed by atoms with E-state index in [1.807, 2.05) is 19.1 Å². The predicted octanol–water partition coefficient (Wildman–Crippen LogP) is 2.39. The Labute approximate surface area is 173 Å². The van der Waals surface area contributed by atoms with E-state index in [0.29, 0.717) is 13.0 Å². The Morgan fingerprint density at radius 1 is 1.27 bits per heavy atom. The second-order valence-electron chi connectivity index (χ2n) is 6.46. The molecule has 0 atom stereocenters. The molecule has 0 aromatic heterocycles. The van der Waals surface area contributed by atoms with E-state index < -0.39 is 0 Å². The van der Waals surface area contributed by atoms with Gasteiger partial charge < -0.3 is 20.6 Å². The van der Waals surface area contributed by atoms with Crippen molar-refractivity contribution in [2.45, 2.75) is 38.7 Å². The van der Waals surface area contributed by atoms with Crippen LogP contribution in [-0.2, 0) is 6.42 Å². The number of aliphatic hydroxyl groups is 1. The highest BCUT2D eigenvalue weighted by molar-refractivity contribution is 14.0. The third-order valence-corrected chi connectivity index (χ3v) is 4.45. The van der Waals surface area contributed by atoms with Gasteiger partial charge in [-0.05, 0) is 50.8 Å². The molecular formula is C19H32FIN4O. The molecule has 2 rings (SSSR count). The highest BCUT2D eigenvalue weighted by Gasteiger charge is 2.15. The molecular weight excluding hydrogens is 446 g/mol. The average molecular weight is 478 g/mol. The van der Waals surface area contributed by atoms with Crippen molar-refractivity contribution in [2.75, 3.05) is 39.3 Å². The molecule has 148 valence electrons. The van der Waals surface area contributed by atoms with Gasteiger partial charge in [-0.2, -0.15) is 0 Å². The largest absolute Gasteiger partial charge is 0.393 e. The molecule has 26 heavy (non-hydrogen) atoms. The van der Waals surface area contributed by atoms with Crippen LogP contribution in [-0.4, -0.2) is 61.3 Å². The molecule has 5 nitrogen and oxygen atoms in total. The second-order valence-corrected chi connectivity index (χ2v) is 6.46. The Morgan fingerprint density at radius 2 is 2.00 bits per heavy atom. The Bertz CT molecular complexity index is 536. The third kappa shape index (κ3) is 8.64. The molecule has 0 saturated carbocycles. The van der Waals surface area contributed by atoms with E-state index in [0.717, 1.165) is 63.5 Å². The average Bonchev–Trinajstić information content (AvgIpc) is 2.62. The van der Waals surface area contributed by atoms with Crippen molar-refractivity contribution >= 4 is 29.9 Å². The lowest BCUT2D eigenvalue weighted by Gasteiger charge is -2.29. The molecule has 0 amide bonds. The van der Waals surface area contributed by atoms with Crippen LogP contribution < -0.4 is 10.6 Å². The van der Waals surface area contributed by atoms with Crippen molar-refractivity contribution in [1.29, 1.82) is 0 Å². The number of aliphatic imine (C=N–C) groups is 1. The van der Waals surface area contributed by atoms with Gasteiger partial charge in [0.15, 0.2) is 5.96 Å². The van der Waals surface area contributed by atoms with Gasteiger partial charge in [-0.1, -0.05) is 18.2 Å². The standard InChI is InChI=1S/C19H31FN4O.HI/c1-2-21-19(23-12-8-16-6-3-4-7-18(16)20)22-11-5-13-24-14-9-17(25)10-15-24;/h3-4,6-7,17,25H,2,5,8-15H2,1H3,(H2,21,22,23);1H. The van der Waals surface area contributed by atoms with E-state index >= 15 is 0 Å². The molecule has 1 aliphatic rings. The molecule has 0 radical (unpaired) electrons. The molecule has 1 aromatic carbocycles. The maximum Gasteiger partial charge on any atom is 0.191 e. The van der Waals surface area contributed by atoms with Crippen molar-refractivity contribution in [2.24, 2.45) is 4.99 Å². The molecule has 0 aliphatic carbocycles. The maximum atomic E-state index is 13.6. The number of hydrogen-bond donors (Lipinski definition) is 3. The van der Waals surface area contributed by atoms with Crippen LogP contribution in [0.5, 0.6) is 0 Å². The van der Waals surface area contributed by atoms with Crippen LogP contribution in [0.2, 0.25) is 0 Å². The van der Waals surface area contributed by atoms with E-state index in [9.17, 15) is 9.50 Å². The minimum Gasteiger partial charge on any atom is -0.393 e. The maximum absolute atomic E-state index is 13.6. The molecule has 1 saturated heterocycles. The number of rotatable bonds is 8. The number of hydrogen-bond acceptors (Lipinski definition) is 3. The van der Waals surface area contributed by atoms with Crippen LogP contribution in [0, 0.1) is 5.82 Å². The number of aliphatic hydroxyl groups excluding tert-OH is 1. The lowest BCUT2D eigenvalue weighted by molar-refractivity contribution is 0.0824. The molecule has 7 heteroatoms. The lowest BCUT2D eigenvalue weighted by Crippen LogP contribution is -2.39. The molecule has 3 N–H and O–H groups in total. The quantitative estimate of drug-likeness (QED) is 0.233. The Hall–Kier alpha value is -0.930. The zero-order valence-electron chi connectivity index (χ0n) is 15.6. The smallest absolute Gasteiger partial charge is 0.191 e. The van der Waals surface area contributed by atoms with E-state index in [4.69, 9.17) is 0 Å². The monoisotopic (exact) mass is 478 g/mol. The number of guanidine groups is 1.